The minimum absolute atomic E-state index is 0.147. The molecule has 1 aromatic carbocycles. The topological polar surface area (TPSA) is 38.3 Å². The Kier molecular flexibility index (Phi) is 5.08. The van der Waals surface area contributed by atoms with Crippen molar-refractivity contribution in [1.82, 2.24) is 0 Å². The Balaban J connectivity index is 2.28. The zero-order valence-electron chi connectivity index (χ0n) is 12.1. The van der Waals surface area contributed by atoms with Crippen LogP contribution in [0.4, 0.5) is 5.69 Å². The van der Waals surface area contributed by atoms with Crippen LogP contribution in [0.15, 0.2) is 28.7 Å². The van der Waals surface area contributed by atoms with Crippen molar-refractivity contribution in [3.8, 4) is 0 Å². The molecule has 1 N–H and O–H groups in total. The standard InChI is InChI=1S/C16H22BrNO2/c1-3-12-7-6-10-16(11-12,15(19)20-2)18-14-9-5-4-8-13(14)17/h4-5,8-9,12,18H,3,6-7,10-11H2,1-2H3. The molecule has 2 rings (SSSR count). The highest BCUT2D eigenvalue weighted by molar-refractivity contribution is 9.10. The van der Waals surface area contributed by atoms with E-state index >= 15 is 0 Å². The van der Waals surface area contributed by atoms with Gasteiger partial charge in [0.25, 0.3) is 0 Å². The lowest BCUT2D eigenvalue weighted by molar-refractivity contribution is -0.147. The minimum atomic E-state index is -0.586. The van der Waals surface area contributed by atoms with Gasteiger partial charge in [-0.05, 0) is 46.8 Å². The van der Waals surface area contributed by atoms with Gasteiger partial charge < -0.3 is 10.1 Å². The predicted octanol–water partition coefficient (Wildman–Crippen LogP) is 4.37. The molecule has 2 atom stereocenters. The van der Waals surface area contributed by atoms with Crippen molar-refractivity contribution in [2.45, 2.75) is 44.6 Å². The molecular formula is C16H22BrNO2. The number of anilines is 1. The number of benzene rings is 1. The second-order valence-corrected chi connectivity index (χ2v) is 6.40. The first-order chi connectivity index (χ1) is 9.61. The SMILES string of the molecule is CCC1CCCC(Nc2ccccc2Br)(C(=O)OC)C1. The molecule has 1 saturated carbocycles. The molecular weight excluding hydrogens is 318 g/mol. The van der Waals surface area contributed by atoms with Gasteiger partial charge in [0.05, 0.1) is 7.11 Å². The molecule has 0 radical (unpaired) electrons. The van der Waals surface area contributed by atoms with E-state index in [1.807, 2.05) is 24.3 Å². The molecule has 0 bridgehead atoms. The number of esters is 1. The summed E-state index contributed by atoms with van der Waals surface area (Å²) in [7, 11) is 1.47. The highest BCUT2D eigenvalue weighted by atomic mass is 79.9. The van der Waals surface area contributed by atoms with Crippen molar-refractivity contribution < 1.29 is 9.53 Å². The molecule has 0 heterocycles. The summed E-state index contributed by atoms with van der Waals surface area (Å²) in [6.07, 6.45) is 5.04. The highest BCUT2D eigenvalue weighted by Crippen LogP contribution is 2.38. The molecule has 3 nitrogen and oxygen atoms in total. The largest absolute Gasteiger partial charge is 0.467 e. The summed E-state index contributed by atoms with van der Waals surface area (Å²) in [6, 6.07) is 7.91. The van der Waals surface area contributed by atoms with E-state index in [0.29, 0.717) is 5.92 Å². The molecule has 1 aromatic rings. The number of para-hydroxylation sites is 1. The maximum Gasteiger partial charge on any atom is 0.331 e. The van der Waals surface area contributed by atoms with Gasteiger partial charge in [-0.3, -0.25) is 0 Å². The molecule has 2 unspecified atom stereocenters. The van der Waals surface area contributed by atoms with Crippen LogP contribution in [0.25, 0.3) is 0 Å². The number of ether oxygens (including phenoxy) is 1. The maximum absolute atomic E-state index is 12.4. The number of hydrogen-bond donors (Lipinski definition) is 1. The van der Waals surface area contributed by atoms with E-state index < -0.39 is 5.54 Å². The minimum Gasteiger partial charge on any atom is -0.467 e. The first-order valence-electron chi connectivity index (χ1n) is 7.22. The lowest BCUT2D eigenvalue weighted by Crippen LogP contribution is -2.50. The van der Waals surface area contributed by atoms with Crippen LogP contribution in [0.3, 0.4) is 0 Å². The average molecular weight is 340 g/mol. The molecule has 20 heavy (non-hydrogen) atoms. The number of hydrogen-bond acceptors (Lipinski definition) is 3. The second-order valence-electron chi connectivity index (χ2n) is 5.55. The fourth-order valence-electron chi connectivity index (χ4n) is 3.10. The van der Waals surface area contributed by atoms with Crippen LogP contribution in [0, 0.1) is 5.92 Å². The van der Waals surface area contributed by atoms with E-state index in [0.717, 1.165) is 35.8 Å². The Morgan fingerprint density at radius 2 is 2.25 bits per heavy atom. The molecule has 1 fully saturated rings. The molecule has 4 heteroatoms. The van der Waals surface area contributed by atoms with Crippen molar-refractivity contribution in [3.63, 3.8) is 0 Å². The zero-order chi connectivity index (χ0) is 14.6. The summed E-state index contributed by atoms with van der Waals surface area (Å²) in [5.41, 5.74) is 0.368. The summed E-state index contributed by atoms with van der Waals surface area (Å²) in [6.45, 7) is 2.19. The molecule has 0 saturated heterocycles. The van der Waals surface area contributed by atoms with E-state index in [1.54, 1.807) is 0 Å². The van der Waals surface area contributed by atoms with Crippen LogP contribution in [0.5, 0.6) is 0 Å². The van der Waals surface area contributed by atoms with E-state index in [4.69, 9.17) is 4.74 Å². The highest BCUT2D eigenvalue weighted by Gasteiger charge is 2.43. The van der Waals surface area contributed by atoms with Crippen molar-refractivity contribution >= 4 is 27.6 Å². The second kappa shape index (κ2) is 6.61. The Labute approximate surface area is 129 Å². The van der Waals surface area contributed by atoms with Gasteiger partial charge in [0.2, 0.25) is 0 Å². The van der Waals surface area contributed by atoms with Crippen molar-refractivity contribution in [1.29, 1.82) is 0 Å². The Morgan fingerprint density at radius 1 is 1.50 bits per heavy atom. The smallest absolute Gasteiger partial charge is 0.331 e. The van der Waals surface area contributed by atoms with Crippen molar-refractivity contribution in [2.75, 3.05) is 12.4 Å². The van der Waals surface area contributed by atoms with Crippen LogP contribution in [0.1, 0.15) is 39.0 Å². The number of rotatable bonds is 4. The zero-order valence-corrected chi connectivity index (χ0v) is 13.7. The molecule has 0 aliphatic heterocycles. The van der Waals surface area contributed by atoms with Gasteiger partial charge in [-0.25, -0.2) is 4.79 Å². The van der Waals surface area contributed by atoms with Crippen LogP contribution >= 0.6 is 15.9 Å². The molecule has 110 valence electrons. The predicted molar refractivity (Wildman–Crippen MR) is 84.8 cm³/mol. The van der Waals surface area contributed by atoms with Crippen LogP contribution in [-0.2, 0) is 9.53 Å². The third-order valence-electron chi connectivity index (χ3n) is 4.25. The van der Waals surface area contributed by atoms with E-state index in [9.17, 15) is 4.79 Å². The average Bonchev–Trinajstić information content (AvgIpc) is 2.49. The maximum atomic E-state index is 12.4. The fourth-order valence-corrected chi connectivity index (χ4v) is 3.49. The molecule has 0 spiro atoms. The lowest BCUT2D eigenvalue weighted by atomic mass is 9.74. The normalized spacial score (nSPS) is 26.1. The number of halogens is 1. The molecule has 1 aliphatic rings. The third kappa shape index (κ3) is 3.17. The number of carbonyl (C=O) groups excluding carboxylic acids is 1. The van der Waals surface area contributed by atoms with Gasteiger partial charge in [-0.1, -0.05) is 38.3 Å². The summed E-state index contributed by atoms with van der Waals surface area (Å²) in [4.78, 5) is 12.4. The van der Waals surface area contributed by atoms with Gasteiger partial charge in [-0.15, -0.1) is 0 Å². The summed E-state index contributed by atoms with van der Waals surface area (Å²) < 4.78 is 6.06. The van der Waals surface area contributed by atoms with Gasteiger partial charge in [0.1, 0.15) is 5.54 Å². The van der Waals surface area contributed by atoms with Crippen LogP contribution < -0.4 is 5.32 Å². The quantitative estimate of drug-likeness (QED) is 0.827. The Hall–Kier alpha value is -1.03. The first kappa shape index (κ1) is 15.4. The first-order valence-corrected chi connectivity index (χ1v) is 8.01. The van der Waals surface area contributed by atoms with E-state index in [1.165, 1.54) is 13.5 Å². The molecule has 1 aliphatic carbocycles. The van der Waals surface area contributed by atoms with Crippen molar-refractivity contribution in [3.05, 3.63) is 28.7 Å². The molecule has 0 amide bonds. The number of nitrogens with one attached hydrogen (secondary N) is 1. The summed E-state index contributed by atoms with van der Waals surface area (Å²) in [5.74, 6) is 0.434. The Morgan fingerprint density at radius 3 is 2.90 bits per heavy atom. The lowest BCUT2D eigenvalue weighted by Gasteiger charge is -2.40. The van der Waals surface area contributed by atoms with Crippen LogP contribution in [0.2, 0.25) is 0 Å². The number of carbonyl (C=O) groups is 1. The van der Waals surface area contributed by atoms with E-state index in [-0.39, 0.29) is 5.97 Å². The fraction of sp³-hybridized carbons (Fsp3) is 0.562. The third-order valence-corrected chi connectivity index (χ3v) is 4.95. The van der Waals surface area contributed by atoms with Gasteiger partial charge in [-0.2, -0.15) is 0 Å². The van der Waals surface area contributed by atoms with Crippen LogP contribution in [-0.4, -0.2) is 18.6 Å². The number of methoxy groups -OCH3 is 1. The van der Waals surface area contributed by atoms with Crippen molar-refractivity contribution in [2.24, 2.45) is 5.92 Å². The summed E-state index contributed by atoms with van der Waals surface area (Å²) in [5, 5.41) is 3.46. The van der Waals surface area contributed by atoms with Gasteiger partial charge in [0, 0.05) is 10.2 Å². The van der Waals surface area contributed by atoms with Gasteiger partial charge in [0.15, 0.2) is 0 Å². The summed E-state index contributed by atoms with van der Waals surface area (Å²) >= 11 is 3.54. The van der Waals surface area contributed by atoms with E-state index in [2.05, 4.69) is 28.2 Å². The monoisotopic (exact) mass is 339 g/mol. The molecule has 0 aromatic heterocycles. The Bertz CT molecular complexity index is 477. The van der Waals surface area contributed by atoms with Gasteiger partial charge >= 0.3 is 5.97 Å².